The third-order valence-corrected chi connectivity index (χ3v) is 5.51. The Morgan fingerprint density at radius 3 is 2.75 bits per heavy atom. The minimum Gasteiger partial charge on any atom is -0.495 e. The van der Waals surface area contributed by atoms with Gasteiger partial charge in [-0.05, 0) is 41.5 Å². The fourth-order valence-corrected chi connectivity index (χ4v) is 3.93. The Hall–Kier alpha value is -4.59. The summed E-state index contributed by atoms with van der Waals surface area (Å²) in [7, 11) is 1.65. The van der Waals surface area contributed by atoms with Gasteiger partial charge in [-0.2, -0.15) is 0 Å². The molecule has 156 valence electrons. The van der Waals surface area contributed by atoms with Gasteiger partial charge in [-0.15, -0.1) is 0 Å². The average molecular weight is 422 g/mol. The van der Waals surface area contributed by atoms with Crippen LogP contribution in [0.3, 0.4) is 0 Å². The molecule has 0 fully saturated rings. The summed E-state index contributed by atoms with van der Waals surface area (Å²) in [6, 6.07) is 14.0. The molecule has 0 atom stereocenters. The number of nitrogens with zero attached hydrogens (tertiary/aromatic N) is 3. The van der Waals surface area contributed by atoms with Crippen molar-refractivity contribution in [2.75, 3.05) is 12.4 Å². The number of H-pyrrole nitrogens is 2. The lowest BCUT2D eigenvalue weighted by Crippen LogP contribution is -1.99. The van der Waals surface area contributed by atoms with Gasteiger partial charge in [0.05, 0.1) is 48.1 Å². The highest BCUT2D eigenvalue weighted by Crippen LogP contribution is 2.37. The monoisotopic (exact) mass is 422 g/mol. The Bertz CT molecular complexity index is 1550. The van der Waals surface area contributed by atoms with Crippen molar-refractivity contribution < 1.29 is 9.15 Å². The molecule has 0 spiro atoms. The Morgan fingerprint density at radius 2 is 1.88 bits per heavy atom. The second-order valence-electron chi connectivity index (χ2n) is 7.33. The molecule has 0 aliphatic heterocycles. The molecule has 0 saturated carbocycles. The van der Waals surface area contributed by atoms with E-state index in [9.17, 15) is 0 Å². The molecule has 6 rings (SSSR count). The lowest BCUT2D eigenvalue weighted by molar-refractivity contribution is 0.417. The van der Waals surface area contributed by atoms with Crippen LogP contribution in [-0.4, -0.2) is 32.0 Å². The lowest BCUT2D eigenvalue weighted by Gasteiger charge is -2.13. The zero-order chi connectivity index (χ0) is 21.5. The summed E-state index contributed by atoms with van der Waals surface area (Å²) in [5.41, 5.74) is 7.44. The van der Waals surface area contributed by atoms with E-state index in [1.165, 1.54) is 6.33 Å². The fourth-order valence-electron chi connectivity index (χ4n) is 3.93. The minimum absolute atomic E-state index is 0.679. The van der Waals surface area contributed by atoms with E-state index in [2.05, 4.69) is 36.3 Å². The topological polar surface area (TPSA) is 105 Å². The standard InChI is InChI=1S/C24H18N6O2/c1-31-21-5-3-14(16-6-7-32-11-16)8-20(21)30-24-22-17(10-25-23(22)28-13-29-24)15-2-4-18-19(9-15)27-12-26-18/h2-13H,1H3,(H,26,27)(H2,25,28,29,30). The molecule has 32 heavy (non-hydrogen) atoms. The zero-order valence-electron chi connectivity index (χ0n) is 17.1. The molecule has 8 heteroatoms. The molecular formula is C24H18N6O2. The second-order valence-corrected chi connectivity index (χ2v) is 7.33. The first kappa shape index (κ1) is 18.2. The van der Waals surface area contributed by atoms with Gasteiger partial charge in [-0.1, -0.05) is 12.1 Å². The summed E-state index contributed by atoms with van der Waals surface area (Å²) in [6.45, 7) is 0. The van der Waals surface area contributed by atoms with Crippen LogP contribution >= 0.6 is 0 Å². The van der Waals surface area contributed by atoms with E-state index in [4.69, 9.17) is 9.15 Å². The number of hydrogen-bond acceptors (Lipinski definition) is 6. The summed E-state index contributed by atoms with van der Waals surface area (Å²) in [5.74, 6) is 1.39. The van der Waals surface area contributed by atoms with Gasteiger partial charge in [0.2, 0.25) is 0 Å². The van der Waals surface area contributed by atoms with Gasteiger partial charge in [0, 0.05) is 17.3 Å². The van der Waals surface area contributed by atoms with Crippen molar-refractivity contribution in [1.29, 1.82) is 0 Å². The van der Waals surface area contributed by atoms with Crippen LogP contribution in [0.25, 0.3) is 44.3 Å². The molecule has 2 aromatic carbocycles. The van der Waals surface area contributed by atoms with E-state index >= 15 is 0 Å². The van der Waals surface area contributed by atoms with E-state index in [0.29, 0.717) is 11.6 Å². The highest BCUT2D eigenvalue weighted by Gasteiger charge is 2.16. The first-order valence-corrected chi connectivity index (χ1v) is 10.0. The van der Waals surface area contributed by atoms with E-state index in [0.717, 1.165) is 50.0 Å². The molecule has 6 aromatic rings. The van der Waals surface area contributed by atoms with Gasteiger partial charge in [0.1, 0.15) is 23.5 Å². The van der Waals surface area contributed by atoms with Crippen LogP contribution in [0.15, 0.2) is 78.3 Å². The Kier molecular flexibility index (Phi) is 4.14. The number of nitrogens with one attached hydrogen (secondary N) is 3. The van der Waals surface area contributed by atoms with Gasteiger partial charge in [-0.3, -0.25) is 0 Å². The van der Waals surface area contributed by atoms with Crippen molar-refractivity contribution in [2.45, 2.75) is 0 Å². The number of aromatic nitrogens is 5. The van der Waals surface area contributed by atoms with E-state index in [1.807, 2.05) is 42.6 Å². The Balaban J connectivity index is 1.48. The first-order valence-electron chi connectivity index (χ1n) is 10.0. The van der Waals surface area contributed by atoms with Gasteiger partial charge < -0.3 is 24.4 Å². The molecule has 0 unspecified atom stereocenters. The highest BCUT2D eigenvalue weighted by molar-refractivity contribution is 6.03. The molecule has 4 heterocycles. The van der Waals surface area contributed by atoms with Crippen molar-refractivity contribution in [1.82, 2.24) is 24.9 Å². The summed E-state index contributed by atoms with van der Waals surface area (Å²) in [5, 5.41) is 4.34. The molecule has 0 bridgehead atoms. The summed E-state index contributed by atoms with van der Waals surface area (Å²) in [4.78, 5) is 19.7. The minimum atomic E-state index is 0.679. The van der Waals surface area contributed by atoms with Crippen molar-refractivity contribution in [3.05, 3.63) is 73.8 Å². The maximum absolute atomic E-state index is 5.59. The van der Waals surface area contributed by atoms with E-state index < -0.39 is 0 Å². The largest absolute Gasteiger partial charge is 0.495 e. The predicted molar refractivity (Wildman–Crippen MR) is 123 cm³/mol. The number of aromatic amines is 2. The maximum atomic E-state index is 5.59. The van der Waals surface area contributed by atoms with Gasteiger partial charge in [-0.25, -0.2) is 15.0 Å². The van der Waals surface area contributed by atoms with E-state index in [-0.39, 0.29) is 0 Å². The fraction of sp³-hybridized carbons (Fsp3) is 0.0417. The molecule has 8 nitrogen and oxygen atoms in total. The third-order valence-electron chi connectivity index (χ3n) is 5.51. The molecule has 0 saturated heterocycles. The Morgan fingerprint density at radius 1 is 0.938 bits per heavy atom. The van der Waals surface area contributed by atoms with Crippen molar-refractivity contribution in [3.8, 4) is 28.0 Å². The maximum Gasteiger partial charge on any atom is 0.144 e. The molecule has 0 radical (unpaired) electrons. The molecule has 3 N–H and O–H groups in total. The Labute approximate surface area is 182 Å². The number of anilines is 2. The van der Waals surface area contributed by atoms with Crippen LogP contribution in [0.2, 0.25) is 0 Å². The summed E-state index contributed by atoms with van der Waals surface area (Å²) in [6.07, 6.45) is 8.54. The number of ether oxygens (including phenoxy) is 1. The molecule has 0 aliphatic rings. The quantitative estimate of drug-likeness (QED) is 0.338. The number of imidazole rings is 1. The van der Waals surface area contributed by atoms with Crippen LogP contribution in [-0.2, 0) is 0 Å². The zero-order valence-corrected chi connectivity index (χ0v) is 17.1. The molecular weight excluding hydrogens is 404 g/mol. The van der Waals surface area contributed by atoms with Crippen LogP contribution in [0.1, 0.15) is 0 Å². The number of hydrogen-bond donors (Lipinski definition) is 3. The summed E-state index contributed by atoms with van der Waals surface area (Å²) >= 11 is 0. The van der Waals surface area contributed by atoms with E-state index in [1.54, 1.807) is 26.0 Å². The van der Waals surface area contributed by atoms with Crippen molar-refractivity contribution in [3.63, 3.8) is 0 Å². The normalized spacial score (nSPS) is 11.3. The SMILES string of the molecule is COc1ccc(-c2ccoc2)cc1Nc1ncnc2[nH]cc(-c3ccc4nc[nH]c4c3)c12. The number of methoxy groups -OCH3 is 1. The molecule has 0 aliphatic carbocycles. The number of rotatable bonds is 5. The molecule has 4 aromatic heterocycles. The van der Waals surface area contributed by atoms with Crippen LogP contribution in [0, 0.1) is 0 Å². The number of fused-ring (bicyclic) bond motifs is 2. The van der Waals surface area contributed by atoms with Crippen molar-refractivity contribution in [2.24, 2.45) is 0 Å². The lowest BCUT2D eigenvalue weighted by atomic mass is 10.0. The van der Waals surface area contributed by atoms with Crippen LogP contribution in [0.5, 0.6) is 5.75 Å². The highest BCUT2D eigenvalue weighted by atomic mass is 16.5. The number of furan rings is 1. The first-order chi connectivity index (χ1) is 15.8. The van der Waals surface area contributed by atoms with Gasteiger partial charge >= 0.3 is 0 Å². The predicted octanol–water partition coefficient (Wildman–Crippen LogP) is 5.51. The second kappa shape index (κ2) is 7.28. The van der Waals surface area contributed by atoms with Crippen LogP contribution < -0.4 is 10.1 Å². The number of benzene rings is 2. The van der Waals surface area contributed by atoms with Crippen molar-refractivity contribution >= 4 is 33.6 Å². The smallest absolute Gasteiger partial charge is 0.144 e. The summed E-state index contributed by atoms with van der Waals surface area (Å²) < 4.78 is 10.8. The average Bonchev–Trinajstić information content (AvgIpc) is 3.59. The van der Waals surface area contributed by atoms with Gasteiger partial charge in [0.25, 0.3) is 0 Å². The molecule has 0 amide bonds. The van der Waals surface area contributed by atoms with Crippen LogP contribution in [0.4, 0.5) is 11.5 Å². The van der Waals surface area contributed by atoms with Gasteiger partial charge in [0.15, 0.2) is 0 Å². The third kappa shape index (κ3) is 2.97.